The number of benzene rings is 1. The molecular formula is C20H18F2N4. The molecule has 0 spiro atoms. The molecule has 26 heavy (non-hydrogen) atoms. The Balaban J connectivity index is 1.87. The highest BCUT2D eigenvalue weighted by Crippen LogP contribution is 2.44. The molecule has 0 radical (unpaired) electrons. The fourth-order valence-corrected chi connectivity index (χ4v) is 4.10. The maximum atomic E-state index is 14.9. The van der Waals surface area contributed by atoms with Crippen LogP contribution in [0, 0.1) is 11.6 Å². The molecule has 1 aromatic carbocycles. The summed E-state index contributed by atoms with van der Waals surface area (Å²) in [6.45, 7) is 2.34. The lowest BCUT2D eigenvalue weighted by molar-refractivity contribution is 0.623. The third kappa shape index (κ3) is 2.18. The molecular weight excluding hydrogens is 334 g/mol. The van der Waals surface area contributed by atoms with Crippen LogP contribution in [0.1, 0.15) is 17.7 Å². The molecule has 2 N–H and O–H groups in total. The Labute approximate surface area is 149 Å². The lowest BCUT2D eigenvalue weighted by Gasteiger charge is -2.21. The predicted molar refractivity (Wildman–Crippen MR) is 99.0 cm³/mol. The molecule has 0 unspecified atom stereocenters. The Morgan fingerprint density at radius 3 is 2.92 bits per heavy atom. The van der Waals surface area contributed by atoms with E-state index in [0.29, 0.717) is 23.3 Å². The normalized spacial score (nSPS) is 16.4. The number of aromatic amines is 1. The molecule has 5 rings (SSSR count). The average Bonchev–Trinajstić information content (AvgIpc) is 2.94. The largest absolute Gasteiger partial charge is 0.370 e. The average molecular weight is 352 g/mol. The molecule has 0 saturated heterocycles. The van der Waals surface area contributed by atoms with Gasteiger partial charge in [-0.2, -0.15) is 0 Å². The zero-order chi connectivity index (χ0) is 17.8. The van der Waals surface area contributed by atoms with E-state index in [0.717, 1.165) is 41.8 Å². The van der Waals surface area contributed by atoms with E-state index in [9.17, 15) is 8.78 Å². The summed E-state index contributed by atoms with van der Waals surface area (Å²) in [7, 11) is 1.95. The Morgan fingerprint density at radius 1 is 1.23 bits per heavy atom. The summed E-state index contributed by atoms with van der Waals surface area (Å²) < 4.78 is 28.8. The van der Waals surface area contributed by atoms with Gasteiger partial charge in [-0.05, 0) is 36.7 Å². The van der Waals surface area contributed by atoms with Gasteiger partial charge < -0.3 is 15.2 Å². The molecule has 0 bridgehead atoms. The summed E-state index contributed by atoms with van der Waals surface area (Å²) in [5.41, 5.74) is 5.72. The van der Waals surface area contributed by atoms with E-state index in [1.165, 1.54) is 23.9 Å². The van der Waals surface area contributed by atoms with E-state index >= 15 is 0 Å². The van der Waals surface area contributed by atoms with Gasteiger partial charge in [-0.15, -0.1) is 0 Å². The van der Waals surface area contributed by atoms with Gasteiger partial charge in [-0.1, -0.05) is 6.08 Å². The van der Waals surface area contributed by atoms with Gasteiger partial charge in [0.25, 0.3) is 0 Å². The van der Waals surface area contributed by atoms with Gasteiger partial charge >= 0.3 is 0 Å². The molecule has 0 fully saturated rings. The monoisotopic (exact) mass is 352 g/mol. The summed E-state index contributed by atoms with van der Waals surface area (Å²) in [6.07, 6.45) is 4.29. The van der Waals surface area contributed by atoms with Crippen molar-refractivity contribution >= 4 is 22.3 Å². The van der Waals surface area contributed by atoms with Crippen molar-refractivity contribution in [2.75, 3.05) is 25.0 Å². The summed E-state index contributed by atoms with van der Waals surface area (Å²) in [5.74, 6) is -0.799. The first kappa shape index (κ1) is 15.5. The number of anilines is 1. The Kier molecular flexibility index (Phi) is 3.37. The van der Waals surface area contributed by atoms with Crippen LogP contribution >= 0.6 is 0 Å². The third-order valence-electron chi connectivity index (χ3n) is 5.30. The molecule has 0 amide bonds. The van der Waals surface area contributed by atoms with Crippen LogP contribution in [0.4, 0.5) is 14.5 Å². The molecule has 2 aliphatic rings. The van der Waals surface area contributed by atoms with E-state index in [1.54, 1.807) is 6.07 Å². The van der Waals surface area contributed by atoms with E-state index in [2.05, 4.69) is 21.4 Å². The highest BCUT2D eigenvalue weighted by Gasteiger charge is 2.28. The van der Waals surface area contributed by atoms with Crippen LogP contribution in [-0.2, 0) is 6.54 Å². The molecule has 4 heterocycles. The van der Waals surface area contributed by atoms with Crippen molar-refractivity contribution in [3.8, 4) is 11.1 Å². The zero-order valence-corrected chi connectivity index (χ0v) is 14.4. The second-order valence-corrected chi connectivity index (χ2v) is 6.88. The summed E-state index contributed by atoms with van der Waals surface area (Å²) in [4.78, 5) is 9.71. The van der Waals surface area contributed by atoms with Crippen molar-refractivity contribution in [3.05, 3.63) is 53.4 Å². The lowest BCUT2D eigenvalue weighted by atomic mass is 9.97. The van der Waals surface area contributed by atoms with Gasteiger partial charge in [0.2, 0.25) is 0 Å². The number of aromatic nitrogens is 2. The maximum absolute atomic E-state index is 14.9. The van der Waals surface area contributed by atoms with Crippen LogP contribution in [0.25, 0.3) is 27.7 Å². The Bertz CT molecular complexity index is 1070. The number of nitrogens with zero attached hydrogens (tertiary/aromatic N) is 2. The van der Waals surface area contributed by atoms with E-state index in [-0.39, 0.29) is 5.82 Å². The SMILES string of the molecule is CN1Cc2c(C3=CCNCC3)[nH]c3ncc(F)c(c23)-c2cc(F)ccc21. The van der Waals surface area contributed by atoms with Crippen molar-refractivity contribution in [2.45, 2.75) is 13.0 Å². The maximum Gasteiger partial charge on any atom is 0.150 e. The van der Waals surface area contributed by atoms with Crippen molar-refractivity contribution in [3.63, 3.8) is 0 Å². The van der Waals surface area contributed by atoms with Gasteiger partial charge in [0.05, 0.1) is 6.20 Å². The Hall–Kier alpha value is -2.73. The second-order valence-electron chi connectivity index (χ2n) is 6.88. The van der Waals surface area contributed by atoms with Gasteiger partial charge in [0.1, 0.15) is 17.3 Å². The predicted octanol–water partition coefficient (Wildman–Crippen LogP) is 3.83. The second kappa shape index (κ2) is 5.64. The van der Waals surface area contributed by atoms with Gasteiger partial charge in [0, 0.05) is 53.6 Å². The molecule has 2 aliphatic heterocycles. The molecule has 4 nitrogen and oxygen atoms in total. The number of hydrogen-bond donors (Lipinski definition) is 2. The summed E-state index contributed by atoms with van der Waals surface area (Å²) in [5, 5.41) is 4.07. The number of halogens is 2. The topological polar surface area (TPSA) is 44.0 Å². The molecule has 0 aliphatic carbocycles. The van der Waals surface area contributed by atoms with E-state index < -0.39 is 5.82 Å². The van der Waals surface area contributed by atoms with Gasteiger partial charge in [-0.25, -0.2) is 13.8 Å². The molecule has 132 valence electrons. The van der Waals surface area contributed by atoms with E-state index in [1.807, 2.05) is 11.9 Å². The fourth-order valence-electron chi connectivity index (χ4n) is 4.10. The van der Waals surface area contributed by atoms with Crippen molar-refractivity contribution in [1.82, 2.24) is 15.3 Å². The van der Waals surface area contributed by atoms with Crippen LogP contribution < -0.4 is 10.2 Å². The van der Waals surface area contributed by atoms with Crippen molar-refractivity contribution < 1.29 is 8.78 Å². The van der Waals surface area contributed by atoms with Crippen LogP contribution in [0.2, 0.25) is 0 Å². The first-order valence-corrected chi connectivity index (χ1v) is 8.73. The molecule has 3 aromatic rings. The van der Waals surface area contributed by atoms with Gasteiger partial charge in [0.15, 0.2) is 0 Å². The highest BCUT2D eigenvalue weighted by molar-refractivity contribution is 6.03. The third-order valence-corrected chi connectivity index (χ3v) is 5.30. The summed E-state index contributed by atoms with van der Waals surface area (Å²) >= 11 is 0. The van der Waals surface area contributed by atoms with Gasteiger partial charge in [-0.3, -0.25) is 0 Å². The first-order chi connectivity index (χ1) is 12.6. The molecule has 6 heteroatoms. The number of pyridine rings is 1. The van der Waals surface area contributed by atoms with Crippen molar-refractivity contribution in [2.24, 2.45) is 0 Å². The van der Waals surface area contributed by atoms with Crippen LogP contribution in [-0.4, -0.2) is 30.1 Å². The summed E-state index contributed by atoms with van der Waals surface area (Å²) in [6, 6.07) is 4.55. The minimum Gasteiger partial charge on any atom is -0.370 e. The number of nitrogens with one attached hydrogen (secondary N) is 2. The number of H-pyrrole nitrogens is 1. The minimum absolute atomic E-state index is 0.373. The first-order valence-electron chi connectivity index (χ1n) is 8.73. The molecule has 0 saturated carbocycles. The number of fused-ring (bicyclic) bond motifs is 2. The standard InChI is InChI=1S/C20H18F2N4/c1-26-10-14-18-17(13-8-12(21)2-3-16(13)26)15(22)9-24-20(18)25-19(14)11-4-6-23-7-5-11/h2-4,8-9,23H,5-7,10H2,1H3,(H,24,25). The molecule has 0 atom stereocenters. The van der Waals surface area contributed by atoms with Crippen LogP contribution in [0.5, 0.6) is 0 Å². The minimum atomic E-state index is -0.425. The quantitative estimate of drug-likeness (QED) is 0.699. The number of rotatable bonds is 1. The zero-order valence-electron chi connectivity index (χ0n) is 14.4. The molecule has 2 aromatic heterocycles. The highest BCUT2D eigenvalue weighted by atomic mass is 19.1. The lowest BCUT2D eigenvalue weighted by Crippen LogP contribution is -2.21. The Morgan fingerprint density at radius 2 is 2.12 bits per heavy atom. The fraction of sp³-hybridized carbons (Fsp3) is 0.250. The van der Waals surface area contributed by atoms with Crippen molar-refractivity contribution in [1.29, 1.82) is 0 Å². The van der Waals surface area contributed by atoms with Crippen LogP contribution in [0.15, 0.2) is 30.5 Å². The van der Waals surface area contributed by atoms with Crippen LogP contribution in [0.3, 0.4) is 0 Å². The number of hydrogen-bond acceptors (Lipinski definition) is 3. The van der Waals surface area contributed by atoms with E-state index in [4.69, 9.17) is 0 Å². The smallest absolute Gasteiger partial charge is 0.150 e.